The second-order valence-corrected chi connectivity index (χ2v) is 33.1. The fourth-order valence-electron chi connectivity index (χ4n) is 14.6. The van der Waals surface area contributed by atoms with Crippen molar-refractivity contribution < 1.29 is 88.8 Å². The van der Waals surface area contributed by atoms with Crippen LogP contribution in [0.2, 0.25) is 0 Å². The average molecular weight is 1610 g/mol. The maximum absolute atomic E-state index is 16.3. The van der Waals surface area contributed by atoms with Gasteiger partial charge in [-0.3, -0.25) is 38.4 Å². The van der Waals surface area contributed by atoms with Gasteiger partial charge in [0.05, 0.1) is 45.6 Å². The molecule has 0 amide bonds. The maximum atomic E-state index is 16.3. The van der Waals surface area contributed by atoms with Gasteiger partial charge in [0.25, 0.3) is 0 Å². The quantitative estimate of drug-likeness (QED) is 0.0225. The molecule has 48 heteroatoms. The van der Waals surface area contributed by atoms with Crippen LogP contribution in [0.4, 0.5) is 0 Å². The van der Waals surface area contributed by atoms with Gasteiger partial charge in [-0.05, 0) is 115 Å². The molecule has 0 saturated carbocycles. The highest BCUT2D eigenvalue weighted by molar-refractivity contribution is 7.88. The Morgan fingerprint density at radius 2 is 0.602 bits per heavy atom. The molecule has 564 valence electrons. The number of allylic oxidation sites excluding steroid dienone is 4. The molecule has 0 bridgehead atoms. The van der Waals surface area contributed by atoms with Gasteiger partial charge in [0.15, 0.2) is 23.0 Å². The second-order valence-electron chi connectivity index (χ2n) is 27.1. The molecular formula is C65H40N24O20S4. The summed E-state index contributed by atoms with van der Waals surface area (Å²) in [6.45, 7) is 10.4. The fourth-order valence-corrected chi connectivity index (χ4v) is 19.3. The van der Waals surface area contributed by atoms with Crippen molar-refractivity contribution in [3.05, 3.63) is 270 Å². The van der Waals surface area contributed by atoms with Gasteiger partial charge in [0.2, 0.25) is 46.3 Å². The lowest BCUT2D eigenvalue weighted by Gasteiger charge is -2.33. The number of rotatable bonds is 20. The van der Waals surface area contributed by atoms with Crippen molar-refractivity contribution >= 4 is 110 Å². The Labute approximate surface area is 631 Å². The third-order valence-electron chi connectivity index (χ3n) is 18.7. The second kappa shape index (κ2) is 27.4. The molecule has 0 heterocycles. The largest absolute Gasteiger partial charge is 0.375 e. The fraction of sp³-hybridized carbons (Fsp3) is 0.200. The number of fused-ring (bicyclic) bond motifs is 8. The van der Waals surface area contributed by atoms with Crippen LogP contribution in [0.5, 0.6) is 23.0 Å². The minimum absolute atomic E-state index is 0.0860. The van der Waals surface area contributed by atoms with Crippen LogP contribution in [-0.2, 0) is 81.3 Å². The van der Waals surface area contributed by atoms with E-state index in [1.807, 2.05) is 0 Å². The van der Waals surface area contributed by atoms with E-state index in [1.54, 1.807) is 0 Å². The molecule has 113 heavy (non-hydrogen) atoms. The van der Waals surface area contributed by atoms with E-state index < -0.39 is 265 Å². The van der Waals surface area contributed by atoms with E-state index in [2.05, 4.69) is 80.2 Å². The number of ketones is 8. The monoisotopic (exact) mass is 1600 g/mol. The van der Waals surface area contributed by atoms with E-state index in [0.717, 1.165) is 78.9 Å². The highest BCUT2D eigenvalue weighted by Gasteiger charge is 2.62. The number of carbonyl (C=O) groups excluding carboxylic acids is 8. The van der Waals surface area contributed by atoms with E-state index in [4.69, 9.17) is 16.7 Å². The number of benzene rings is 6. The van der Waals surface area contributed by atoms with Crippen LogP contribution in [-0.4, -0.2) is 79.9 Å². The summed E-state index contributed by atoms with van der Waals surface area (Å²) in [6.07, 6.45) is -1.09. The molecule has 1 spiro atoms. The van der Waals surface area contributed by atoms with Gasteiger partial charge in [-0.1, -0.05) is 150 Å². The Kier molecular flexibility index (Phi) is 18.8. The van der Waals surface area contributed by atoms with Gasteiger partial charge in [-0.15, -0.1) is 0 Å². The molecular weight excluding hydrogens is 1570 g/mol. The number of Topliss-reactive ketones (excluding diaryl/α,β-unsaturated/α-hetero) is 8. The zero-order valence-electron chi connectivity index (χ0n) is 58.1. The summed E-state index contributed by atoms with van der Waals surface area (Å²) in [7, 11) is -24.1. The number of azide groups is 8. The molecule has 44 nitrogen and oxygen atoms in total. The number of carbonyl (C=O) groups is 8. The van der Waals surface area contributed by atoms with Crippen LogP contribution < -0.4 is 16.7 Å². The van der Waals surface area contributed by atoms with Crippen LogP contribution in [0.1, 0.15) is 153 Å². The Morgan fingerprint density at radius 3 is 0.903 bits per heavy atom. The summed E-state index contributed by atoms with van der Waals surface area (Å²) >= 11 is 0. The van der Waals surface area contributed by atoms with Crippen molar-refractivity contribution in [2.24, 2.45) is 40.9 Å². The first-order chi connectivity index (χ1) is 53.2. The smallest absolute Gasteiger partial charge is 0.339 e. The molecule has 6 aliphatic carbocycles. The van der Waals surface area contributed by atoms with Gasteiger partial charge in [0, 0.05) is 106 Å². The van der Waals surface area contributed by atoms with Crippen molar-refractivity contribution in [2.75, 3.05) is 0 Å². The van der Waals surface area contributed by atoms with Crippen molar-refractivity contribution in [1.29, 1.82) is 0 Å². The van der Waals surface area contributed by atoms with Crippen molar-refractivity contribution in [1.82, 2.24) is 0 Å². The van der Waals surface area contributed by atoms with Crippen molar-refractivity contribution in [3.8, 4) is 23.0 Å². The highest BCUT2D eigenvalue weighted by Crippen LogP contribution is 2.70. The minimum Gasteiger partial charge on any atom is -0.375 e. The molecule has 0 fully saturated rings. The highest BCUT2D eigenvalue weighted by atomic mass is 32.2. The Morgan fingerprint density at radius 1 is 0.336 bits per heavy atom. The normalized spacial score (nSPS) is 17.2. The van der Waals surface area contributed by atoms with Gasteiger partial charge in [0.1, 0.15) is 19.6 Å². The lowest BCUT2D eigenvalue weighted by molar-refractivity contribution is -0.112. The van der Waals surface area contributed by atoms with Crippen LogP contribution in [0, 0.1) is 0 Å². The predicted molar refractivity (Wildman–Crippen MR) is 383 cm³/mol. The molecule has 0 aliphatic heterocycles. The molecule has 0 aromatic heterocycles. The van der Waals surface area contributed by atoms with Crippen LogP contribution >= 0.6 is 0 Å². The predicted octanol–water partition coefficient (Wildman–Crippen LogP) is 13.9. The zero-order chi connectivity index (χ0) is 82.5. The molecule has 0 radical (unpaired) electrons. The Hall–Kier alpha value is -14.9. The van der Waals surface area contributed by atoms with Gasteiger partial charge in [-0.25, -0.2) is 0 Å². The molecule has 1 atom stereocenters. The van der Waals surface area contributed by atoms with Gasteiger partial charge >= 0.3 is 40.5 Å². The first-order valence-electron chi connectivity index (χ1n) is 31.6. The molecule has 6 aromatic rings. The third-order valence-corrected chi connectivity index (χ3v) is 23.8. The third kappa shape index (κ3) is 12.2. The molecule has 0 saturated heterocycles. The van der Waals surface area contributed by atoms with E-state index in [0.29, 0.717) is 6.07 Å². The van der Waals surface area contributed by atoms with E-state index in [1.165, 1.54) is 54.5 Å². The minimum atomic E-state index is -6.10. The summed E-state index contributed by atoms with van der Waals surface area (Å²) in [5.41, 5.74) is 52.6. The van der Waals surface area contributed by atoms with E-state index in [9.17, 15) is 82.6 Å². The molecule has 6 aromatic carbocycles. The number of hydrogen-bond acceptors (Lipinski definition) is 28. The average Bonchev–Trinajstić information content (AvgIpc) is 1.51. The molecule has 1 unspecified atom stereocenters. The van der Waals surface area contributed by atoms with Crippen LogP contribution in [0.3, 0.4) is 0 Å². The molecule has 0 N–H and O–H groups in total. The summed E-state index contributed by atoms with van der Waals surface area (Å²) in [4.78, 5) is 126. The summed E-state index contributed by atoms with van der Waals surface area (Å²) in [5, 5.41) is 26.6. The summed E-state index contributed by atoms with van der Waals surface area (Å²) < 4.78 is 153. The standard InChI is InChI=1S/C65H40N24O20S4/c1-62(2,3)31-22-30-42(61(109-113(104,105)36-19-11-15-28-40(36)46(77-85-69)50(81-89-73)58(97)54(28)93)59(31)107-111(100,101)34-17-9-13-26-38(34)44(75-83-67)48(79-87-71)56(95)52(26)91)65(24-64(30,6)7)23-63(4,5)29-20-21-32(106-110(98,99)33-16-8-12-25-37(33)43(74-82-66)47(78-86-70)55(94)51(25)90)60(41(29)65)108-112(102,103)35-18-10-14-27-39(35)45(76-84-68)49(80-88-72)57(96)53(27)92/h8-22H,23-24H2,1-7H3. The Bertz CT molecular complexity index is 6780. The van der Waals surface area contributed by atoms with E-state index in [-0.39, 0.29) is 16.7 Å². The van der Waals surface area contributed by atoms with Gasteiger partial charge < -0.3 is 16.7 Å². The Balaban J connectivity index is 1.25. The van der Waals surface area contributed by atoms with Crippen molar-refractivity contribution in [2.45, 2.75) is 103 Å². The SMILES string of the molecule is CC(C)(C)c1cc2c(c(OS(=O)(=O)c3cccc4c3C(N=[N+]=[N-])=C(N=[N+]=[N-])C(=O)C4=O)c1OS(=O)(=O)c1cccc3c1C(N=[N+]=[N-])=C(N=[N+]=[N-])C(=O)C3=O)C1(CC(C)(C)c3ccc(OS(=O)(=O)c4cccc5c4C(N=[N+]=[N-])=C(N=[N+]=[N-])C(=O)C5=O)c(OS(=O)(=O)c4cccc5c4C(N=[N+]=[N-])=C(N=[N+]=[N-])C(=O)C5=O)c31)CC2(C)C. The maximum Gasteiger partial charge on any atom is 0.339 e. The lowest BCUT2D eigenvalue weighted by Crippen LogP contribution is -2.30. The summed E-state index contributed by atoms with van der Waals surface area (Å²) in [6, 6.07) is 13.4. The zero-order valence-corrected chi connectivity index (χ0v) is 61.4. The van der Waals surface area contributed by atoms with E-state index >= 15 is 33.7 Å². The first kappa shape index (κ1) is 77.7. The topological polar surface area (TPSA) is 700 Å². The molecule has 12 rings (SSSR count). The molecule has 6 aliphatic rings. The summed E-state index contributed by atoms with van der Waals surface area (Å²) in [5.74, 6) is -17.6. The van der Waals surface area contributed by atoms with Crippen LogP contribution in [0.25, 0.3) is 106 Å². The van der Waals surface area contributed by atoms with Gasteiger partial charge in [-0.2, -0.15) is 33.7 Å². The van der Waals surface area contributed by atoms with Crippen LogP contribution in [0.15, 0.2) is 174 Å². The van der Waals surface area contributed by atoms with Crippen molar-refractivity contribution in [3.63, 3.8) is 0 Å². The number of nitrogens with zero attached hydrogens (tertiary/aromatic N) is 24. The number of hydrogen-bond donors (Lipinski definition) is 0. The first-order valence-corrected chi connectivity index (χ1v) is 37.3. The lowest BCUT2D eigenvalue weighted by atomic mass is 9.71.